The number of nitrogens with zero attached hydrogens (tertiary/aromatic N) is 3. The Labute approximate surface area is 161 Å². The van der Waals surface area contributed by atoms with Crippen LogP contribution in [0, 0.1) is 20.8 Å². The lowest BCUT2D eigenvalue weighted by Gasteiger charge is -2.13. The van der Waals surface area contributed by atoms with Crippen LogP contribution in [0.25, 0.3) is 0 Å². The highest BCUT2D eigenvalue weighted by Crippen LogP contribution is 2.16. The lowest BCUT2D eigenvalue weighted by atomic mass is 10.1. The van der Waals surface area contributed by atoms with E-state index in [0.29, 0.717) is 17.4 Å². The Balaban J connectivity index is 1.82. The fraction of sp³-hybridized carbons (Fsp3) is 0.474. The summed E-state index contributed by atoms with van der Waals surface area (Å²) in [6.45, 7) is 8.08. The summed E-state index contributed by atoms with van der Waals surface area (Å²) in [4.78, 5) is 4.60. The van der Waals surface area contributed by atoms with E-state index >= 15 is 0 Å². The van der Waals surface area contributed by atoms with E-state index in [0.717, 1.165) is 36.3 Å². The predicted octanol–water partition coefficient (Wildman–Crippen LogP) is 1.97. The van der Waals surface area contributed by atoms with Gasteiger partial charge in [0.15, 0.2) is 15.8 Å². The smallest absolute Gasteiger partial charge is 0.191 e. The first-order valence-corrected chi connectivity index (χ1v) is 10.8. The van der Waals surface area contributed by atoms with Gasteiger partial charge in [-0.2, -0.15) is 5.10 Å². The zero-order chi connectivity index (χ0) is 20.0. The molecule has 0 saturated heterocycles. The van der Waals surface area contributed by atoms with Crippen LogP contribution in [0.5, 0.6) is 0 Å². The van der Waals surface area contributed by atoms with E-state index in [1.165, 1.54) is 11.9 Å². The molecule has 1 heterocycles. The molecule has 0 radical (unpaired) electrons. The van der Waals surface area contributed by atoms with Gasteiger partial charge < -0.3 is 10.6 Å². The van der Waals surface area contributed by atoms with Crippen molar-refractivity contribution < 1.29 is 8.42 Å². The molecule has 0 bridgehead atoms. The van der Waals surface area contributed by atoms with E-state index in [9.17, 15) is 8.42 Å². The maximum Gasteiger partial charge on any atom is 0.191 e. The highest BCUT2D eigenvalue weighted by molar-refractivity contribution is 7.90. The van der Waals surface area contributed by atoms with Gasteiger partial charge in [-0.25, -0.2) is 8.42 Å². The van der Waals surface area contributed by atoms with Crippen molar-refractivity contribution in [3.63, 3.8) is 0 Å². The number of rotatable bonds is 7. The number of sulfone groups is 1. The average Bonchev–Trinajstić information content (AvgIpc) is 2.90. The Morgan fingerprint density at radius 1 is 1.19 bits per heavy atom. The quantitative estimate of drug-likeness (QED) is 0.428. The third-order valence-electron chi connectivity index (χ3n) is 4.26. The van der Waals surface area contributed by atoms with Gasteiger partial charge in [0.05, 0.1) is 10.6 Å². The number of aliphatic imine (C=N–C) groups is 1. The third-order valence-corrected chi connectivity index (χ3v) is 5.52. The van der Waals surface area contributed by atoms with Gasteiger partial charge in [0.25, 0.3) is 0 Å². The van der Waals surface area contributed by atoms with Gasteiger partial charge in [-0.15, -0.1) is 0 Å². The van der Waals surface area contributed by atoms with Crippen molar-refractivity contribution in [3.8, 4) is 0 Å². The Hall–Kier alpha value is -2.35. The Morgan fingerprint density at radius 2 is 1.93 bits per heavy atom. The van der Waals surface area contributed by atoms with Crippen LogP contribution < -0.4 is 10.6 Å². The van der Waals surface area contributed by atoms with Crippen LogP contribution in [0.4, 0.5) is 0 Å². The molecule has 0 aliphatic heterocycles. The van der Waals surface area contributed by atoms with Crippen molar-refractivity contribution in [3.05, 3.63) is 46.8 Å². The molecule has 0 spiro atoms. The molecule has 27 heavy (non-hydrogen) atoms. The monoisotopic (exact) mass is 391 g/mol. The summed E-state index contributed by atoms with van der Waals surface area (Å²) in [6.07, 6.45) is 2.16. The lowest BCUT2D eigenvalue weighted by Crippen LogP contribution is -2.37. The molecule has 0 saturated carbocycles. The first-order valence-electron chi connectivity index (χ1n) is 8.96. The van der Waals surface area contributed by atoms with Crippen molar-refractivity contribution in [1.82, 2.24) is 20.4 Å². The van der Waals surface area contributed by atoms with Crippen LogP contribution in [-0.2, 0) is 22.9 Å². The molecule has 0 atom stereocenters. The second-order valence-electron chi connectivity index (χ2n) is 6.73. The molecule has 0 unspecified atom stereocenters. The lowest BCUT2D eigenvalue weighted by molar-refractivity contribution is 0.555. The van der Waals surface area contributed by atoms with E-state index in [-0.39, 0.29) is 0 Å². The highest BCUT2D eigenvalue weighted by atomic mass is 32.2. The maximum atomic E-state index is 11.7. The van der Waals surface area contributed by atoms with Gasteiger partial charge in [-0.1, -0.05) is 12.1 Å². The zero-order valence-electron chi connectivity index (χ0n) is 16.7. The van der Waals surface area contributed by atoms with Crippen LogP contribution in [0.3, 0.4) is 0 Å². The molecule has 0 aliphatic carbocycles. The molecule has 2 rings (SSSR count). The summed E-state index contributed by atoms with van der Waals surface area (Å²) in [6, 6.07) is 7.45. The zero-order valence-corrected chi connectivity index (χ0v) is 17.5. The van der Waals surface area contributed by atoms with Gasteiger partial charge in [0.1, 0.15) is 0 Å². The molecule has 2 N–H and O–H groups in total. The first-order chi connectivity index (χ1) is 12.7. The molecule has 0 amide bonds. The Kier molecular flexibility index (Phi) is 7.01. The maximum absolute atomic E-state index is 11.7. The summed E-state index contributed by atoms with van der Waals surface area (Å²) in [7, 11) is -1.46. The van der Waals surface area contributed by atoms with Gasteiger partial charge >= 0.3 is 0 Å². The Morgan fingerprint density at radius 3 is 2.48 bits per heavy atom. The minimum atomic E-state index is -3.19. The van der Waals surface area contributed by atoms with E-state index in [2.05, 4.69) is 33.7 Å². The van der Waals surface area contributed by atoms with E-state index in [4.69, 9.17) is 0 Å². The molecule has 1 aromatic carbocycles. The van der Waals surface area contributed by atoms with Crippen molar-refractivity contribution >= 4 is 15.8 Å². The predicted molar refractivity (Wildman–Crippen MR) is 109 cm³/mol. The summed E-state index contributed by atoms with van der Waals surface area (Å²) < 4.78 is 25.4. The summed E-state index contributed by atoms with van der Waals surface area (Å²) in [5.74, 6) is 0.716. The minimum absolute atomic E-state index is 0.373. The molecule has 2 aromatic rings. The normalized spacial score (nSPS) is 12.3. The molecule has 1 aromatic heterocycles. The van der Waals surface area contributed by atoms with Crippen molar-refractivity contribution in [2.45, 2.75) is 45.2 Å². The van der Waals surface area contributed by atoms with Crippen LogP contribution >= 0.6 is 0 Å². The van der Waals surface area contributed by atoms with Crippen LogP contribution in [0.2, 0.25) is 0 Å². The van der Waals surface area contributed by atoms with E-state index in [1.807, 2.05) is 30.7 Å². The van der Waals surface area contributed by atoms with Gasteiger partial charge in [0.2, 0.25) is 0 Å². The molecule has 7 nitrogen and oxygen atoms in total. The van der Waals surface area contributed by atoms with E-state index < -0.39 is 9.84 Å². The second-order valence-corrected chi connectivity index (χ2v) is 8.71. The minimum Gasteiger partial charge on any atom is -0.356 e. The summed E-state index contributed by atoms with van der Waals surface area (Å²) in [5, 5.41) is 11.0. The number of benzene rings is 1. The van der Waals surface area contributed by atoms with Crippen molar-refractivity contribution in [2.24, 2.45) is 4.99 Å². The SMILES string of the molecule is CN=C(NCCCn1nc(C)cc1C)NCc1ccc(S(C)(=O)=O)c(C)c1. The number of guanidine groups is 1. The molecule has 0 aliphatic rings. The molecule has 8 heteroatoms. The Bertz CT molecular complexity index is 916. The summed E-state index contributed by atoms with van der Waals surface area (Å²) in [5.41, 5.74) is 3.97. The highest BCUT2D eigenvalue weighted by Gasteiger charge is 2.11. The molecule has 148 valence electrons. The first kappa shape index (κ1) is 21.0. The van der Waals surface area contributed by atoms with Crippen molar-refractivity contribution in [1.29, 1.82) is 0 Å². The molecular formula is C19H29N5O2S. The number of hydrogen-bond acceptors (Lipinski definition) is 4. The average molecular weight is 392 g/mol. The van der Waals surface area contributed by atoms with Gasteiger partial charge in [-0.05, 0) is 50.5 Å². The largest absolute Gasteiger partial charge is 0.356 e. The number of aryl methyl sites for hydroxylation is 4. The number of aromatic nitrogens is 2. The van der Waals surface area contributed by atoms with Crippen LogP contribution in [0.1, 0.15) is 28.9 Å². The van der Waals surface area contributed by atoms with Crippen LogP contribution in [-0.4, -0.2) is 44.0 Å². The fourth-order valence-corrected chi connectivity index (χ4v) is 3.94. The number of hydrogen-bond donors (Lipinski definition) is 2. The molecule has 0 fully saturated rings. The fourth-order valence-electron chi connectivity index (χ4n) is 2.98. The summed E-state index contributed by atoms with van der Waals surface area (Å²) >= 11 is 0. The third kappa shape index (κ3) is 6.09. The second kappa shape index (κ2) is 9.03. The topological polar surface area (TPSA) is 88.4 Å². The molecular weight excluding hydrogens is 362 g/mol. The van der Waals surface area contributed by atoms with Crippen LogP contribution in [0.15, 0.2) is 34.2 Å². The number of nitrogens with one attached hydrogen (secondary N) is 2. The van der Waals surface area contributed by atoms with E-state index in [1.54, 1.807) is 13.1 Å². The van der Waals surface area contributed by atoms with Gasteiger partial charge in [-0.3, -0.25) is 9.67 Å². The standard InChI is InChI=1S/C19H29N5O2S/c1-14-11-17(7-8-18(14)27(5,25)26)13-22-19(20-4)21-9-6-10-24-16(3)12-15(2)23-24/h7-8,11-12H,6,9-10,13H2,1-5H3,(H2,20,21,22). The van der Waals surface area contributed by atoms with Gasteiger partial charge in [0, 0.05) is 38.6 Å². The van der Waals surface area contributed by atoms with Crippen molar-refractivity contribution in [2.75, 3.05) is 19.8 Å².